The van der Waals surface area contributed by atoms with E-state index in [9.17, 15) is 27.2 Å². The molecule has 1 saturated carbocycles. The van der Waals surface area contributed by atoms with Crippen molar-refractivity contribution in [3.05, 3.63) is 59.6 Å². The zero-order valence-electron chi connectivity index (χ0n) is 29.8. The number of nitrogens with zero attached hydrogens (tertiary/aromatic N) is 2. The Labute approximate surface area is 299 Å². The summed E-state index contributed by atoms with van der Waals surface area (Å²) in [5.41, 5.74) is -0.800. The molecule has 0 bridgehead atoms. The number of carbonyl (C=O) groups is 2. The lowest BCUT2D eigenvalue weighted by Gasteiger charge is -2.36. The number of alkyl halides is 3. The number of fused-ring (bicyclic) bond motifs is 5. The third-order valence-corrected chi connectivity index (χ3v) is 11.0. The second-order valence-corrected chi connectivity index (χ2v) is 15.3. The van der Waals surface area contributed by atoms with Crippen LogP contribution in [0.2, 0.25) is 0 Å². The van der Waals surface area contributed by atoms with Crippen LogP contribution >= 0.6 is 0 Å². The maximum atomic E-state index is 14.3. The van der Waals surface area contributed by atoms with Crippen molar-refractivity contribution in [2.24, 2.45) is 5.92 Å². The molecule has 2 amide bonds. The first-order chi connectivity index (χ1) is 24.0. The van der Waals surface area contributed by atoms with Gasteiger partial charge in [-0.3, -0.25) is 9.69 Å². The first-order valence-corrected chi connectivity index (χ1v) is 17.8. The maximum absolute atomic E-state index is 14.3. The van der Waals surface area contributed by atoms with E-state index in [4.69, 9.17) is 14.2 Å². The van der Waals surface area contributed by atoms with E-state index in [2.05, 4.69) is 34.3 Å². The van der Waals surface area contributed by atoms with Crippen molar-refractivity contribution in [3.8, 4) is 5.75 Å². The van der Waals surface area contributed by atoms with Gasteiger partial charge in [0.25, 0.3) is 0 Å². The van der Waals surface area contributed by atoms with Crippen LogP contribution in [0.1, 0.15) is 86.2 Å². The Morgan fingerprint density at radius 1 is 1.22 bits per heavy atom. The molecule has 2 fully saturated rings. The normalized spacial score (nSPS) is 29.9. The topological polar surface area (TPSA) is 102 Å². The largest absolute Gasteiger partial charge is 0.484 e. The van der Waals surface area contributed by atoms with Crippen molar-refractivity contribution in [2.75, 3.05) is 19.9 Å². The standard InChI is InChI=1S/C38H48F4N4O5.2H2/c1-23(2)37-18-25(37)11-9-7-6-8-10-12-27(44-34(48)51-35(4,5)38(40,41)42)20-49-22-46-21-36(19-31(46)33(47)45-37)16-15-28-29-17-26(39)13-14-30(29)43-24(3)32(28)50-36;;/h9,11,13-14,17,25,27,31H,1,6-8,10,12,15-16,18-22H2,2-5H3,(H,44,48)(H,45,47);2*1H/b11-9-;;/t25-,27+,31?,36-,37+;;/m1../s1. The molecular weight excluding hydrogens is 668 g/mol. The SMILES string of the molecule is C=C(C)[C@@]12C[C@H]1/C=C\CCCCC[C@H](NC(=O)OC(C)(C)C(F)(F)F)COCN1C[C@@]3(CCc4c(c(C)nc5ccc(F)cc45)O3)CC1C(=O)N2.[HH].[HH]. The molecule has 51 heavy (non-hydrogen) atoms. The molecule has 1 aliphatic carbocycles. The van der Waals surface area contributed by atoms with Gasteiger partial charge in [0.1, 0.15) is 17.2 Å². The number of hydrogen-bond acceptors (Lipinski definition) is 7. The summed E-state index contributed by atoms with van der Waals surface area (Å²) < 4.78 is 72.3. The number of allylic oxidation sites excluding steroid dienone is 1. The van der Waals surface area contributed by atoms with Crippen LogP contribution < -0.4 is 15.4 Å². The number of aryl methyl sites for hydroxylation is 2. The summed E-state index contributed by atoms with van der Waals surface area (Å²) in [4.78, 5) is 33.5. The predicted molar refractivity (Wildman–Crippen MR) is 188 cm³/mol. The molecule has 5 atom stereocenters. The van der Waals surface area contributed by atoms with Crippen molar-refractivity contribution < 1.29 is 44.2 Å². The van der Waals surface area contributed by atoms with Crippen molar-refractivity contribution in [1.82, 2.24) is 20.5 Å². The summed E-state index contributed by atoms with van der Waals surface area (Å²) >= 11 is 0. The molecule has 6 rings (SSSR count). The van der Waals surface area contributed by atoms with E-state index in [1.54, 1.807) is 6.07 Å². The van der Waals surface area contributed by atoms with Crippen LogP contribution in [0.4, 0.5) is 22.4 Å². The van der Waals surface area contributed by atoms with Crippen LogP contribution in [0, 0.1) is 18.7 Å². The van der Waals surface area contributed by atoms with Gasteiger partial charge in [-0.2, -0.15) is 13.2 Å². The third-order valence-electron chi connectivity index (χ3n) is 11.0. The van der Waals surface area contributed by atoms with Crippen molar-refractivity contribution in [2.45, 2.75) is 120 Å². The van der Waals surface area contributed by atoms with Crippen molar-refractivity contribution in [1.29, 1.82) is 0 Å². The summed E-state index contributed by atoms with van der Waals surface area (Å²) in [6, 6.07) is 3.29. The smallest absolute Gasteiger partial charge is 0.427 e. The summed E-state index contributed by atoms with van der Waals surface area (Å²) in [5.74, 6) is 0.213. The monoisotopic (exact) mass is 720 g/mol. The summed E-state index contributed by atoms with van der Waals surface area (Å²) in [7, 11) is 0. The van der Waals surface area contributed by atoms with Crippen LogP contribution in [0.5, 0.6) is 5.75 Å². The molecule has 1 saturated heterocycles. The molecule has 1 aromatic heterocycles. The minimum Gasteiger partial charge on any atom is -0.484 e. The highest BCUT2D eigenvalue weighted by Gasteiger charge is 2.57. The molecule has 282 valence electrons. The van der Waals surface area contributed by atoms with E-state index in [-0.39, 0.29) is 33.8 Å². The molecule has 1 spiro atoms. The van der Waals surface area contributed by atoms with Gasteiger partial charge >= 0.3 is 12.3 Å². The molecule has 1 aromatic carbocycles. The first kappa shape index (κ1) is 37.1. The van der Waals surface area contributed by atoms with E-state index in [0.717, 1.165) is 57.1 Å². The van der Waals surface area contributed by atoms with E-state index in [0.29, 0.717) is 54.6 Å². The van der Waals surface area contributed by atoms with Gasteiger partial charge in [-0.1, -0.05) is 37.1 Å². The maximum Gasteiger partial charge on any atom is 0.427 e. The molecule has 2 aromatic rings. The third kappa shape index (κ3) is 7.74. The highest BCUT2D eigenvalue weighted by molar-refractivity contribution is 5.86. The zero-order chi connectivity index (χ0) is 36.8. The number of ether oxygens (including phenoxy) is 3. The second-order valence-electron chi connectivity index (χ2n) is 15.3. The highest BCUT2D eigenvalue weighted by atomic mass is 19.4. The lowest BCUT2D eigenvalue weighted by Crippen LogP contribution is -2.50. The minimum absolute atomic E-state index is 0. The predicted octanol–water partition coefficient (Wildman–Crippen LogP) is 7.69. The molecule has 9 nitrogen and oxygen atoms in total. The quantitative estimate of drug-likeness (QED) is 0.248. The fraction of sp³-hybridized carbons (Fsp3) is 0.605. The number of amides is 2. The number of aromatic nitrogens is 1. The van der Waals surface area contributed by atoms with Gasteiger partial charge < -0.3 is 24.8 Å². The van der Waals surface area contributed by atoms with Gasteiger partial charge in [0.05, 0.1) is 42.2 Å². The molecule has 4 heterocycles. The van der Waals surface area contributed by atoms with E-state index >= 15 is 0 Å². The van der Waals surface area contributed by atoms with E-state index in [1.807, 2.05) is 18.7 Å². The number of hydrogen-bond donors (Lipinski definition) is 2. The fourth-order valence-electron chi connectivity index (χ4n) is 7.75. The van der Waals surface area contributed by atoms with Crippen molar-refractivity contribution in [3.63, 3.8) is 0 Å². The number of rotatable bonds is 3. The van der Waals surface area contributed by atoms with E-state index in [1.165, 1.54) is 12.1 Å². The molecule has 13 heteroatoms. The molecule has 4 aliphatic rings. The molecule has 0 radical (unpaired) electrons. The van der Waals surface area contributed by atoms with Gasteiger partial charge in [-0.05, 0) is 84.4 Å². The Hall–Kier alpha value is -3.71. The van der Waals surface area contributed by atoms with Crippen molar-refractivity contribution >= 4 is 22.9 Å². The lowest BCUT2D eigenvalue weighted by molar-refractivity contribution is -0.244. The molecule has 3 aliphatic heterocycles. The number of nitrogens with one attached hydrogen (secondary N) is 2. The summed E-state index contributed by atoms with van der Waals surface area (Å²) in [6.07, 6.45) is 4.47. The van der Waals surface area contributed by atoms with Crippen LogP contribution in [-0.4, -0.2) is 76.8 Å². The molecular formula is C38H52F4N4O5. The van der Waals surface area contributed by atoms with Crippen LogP contribution in [0.25, 0.3) is 10.9 Å². The number of benzene rings is 1. The van der Waals surface area contributed by atoms with Crippen LogP contribution in [0.3, 0.4) is 0 Å². The Morgan fingerprint density at radius 3 is 2.75 bits per heavy atom. The van der Waals surface area contributed by atoms with Gasteiger partial charge in [0.2, 0.25) is 11.5 Å². The highest BCUT2D eigenvalue weighted by Crippen LogP contribution is 2.50. The Bertz CT molecular complexity index is 1730. The number of halogens is 4. The van der Waals surface area contributed by atoms with Gasteiger partial charge in [-0.15, -0.1) is 0 Å². The van der Waals surface area contributed by atoms with Gasteiger partial charge in [0.15, 0.2) is 0 Å². The molecule has 1 unspecified atom stereocenters. The Kier molecular flexibility index (Phi) is 10.2. The van der Waals surface area contributed by atoms with Crippen LogP contribution in [-0.2, 0) is 20.7 Å². The van der Waals surface area contributed by atoms with Gasteiger partial charge in [-0.25, -0.2) is 14.2 Å². The molecule has 2 N–H and O–H groups in total. The zero-order valence-corrected chi connectivity index (χ0v) is 29.8. The van der Waals surface area contributed by atoms with Gasteiger partial charge in [0, 0.05) is 32.7 Å². The summed E-state index contributed by atoms with van der Waals surface area (Å²) in [6.45, 7) is 10.00. The lowest BCUT2D eigenvalue weighted by atomic mass is 9.87. The Balaban J connectivity index is 0.00000314. The van der Waals surface area contributed by atoms with Crippen LogP contribution in [0.15, 0.2) is 42.5 Å². The average molecular weight is 721 g/mol. The first-order valence-electron chi connectivity index (χ1n) is 17.8. The number of carbonyl (C=O) groups excluding carboxylic acids is 2. The summed E-state index contributed by atoms with van der Waals surface area (Å²) in [5, 5.41) is 6.61. The van der Waals surface area contributed by atoms with E-state index < -0.39 is 41.1 Å². The number of alkyl carbamates (subject to hydrolysis) is 1. The Morgan fingerprint density at radius 2 is 2.00 bits per heavy atom. The second kappa shape index (κ2) is 14.0. The fourth-order valence-corrected chi connectivity index (χ4v) is 7.75. The number of pyridine rings is 1. The average Bonchev–Trinajstić information content (AvgIpc) is 3.63. The minimum atomic E-state index is -4.74.